The minimum Gasteiger partial charge on any atom is -0.381 e. The van der Waals surface area contributed by atoms with Crippen molar-refractivity contribution in [2.24, 2.45) is 0 Å². The van der Waals surface area contributed by atoms with E-state index in [1.165, 1.54) is 96.3 Å². The Hall–Kier alpha value is -0.0400. The topological polar surface area (TPSA) is 9.23 Å². The van der Waals surface area contributed by atoms with Crippen LogP contribution < -0.4 is 0 Å². The zero-order valence-electron chi connectivity index (χ0n) is 13.6. The molecule has 0 aromatic heterocycles. The first-order valence-corrected chi connectivity index (χ1v) is 9.21. The fraction of sp³-hybridized carbons (Fsp3) is 0.895. The third-order valence-corrected chi connectivity index (χ3v) is 4.25. The van der Waals surface area contributed by atoms with E-state index in [0.29, 0.717) is 0 Å². The maximum absolute atomic E-state index is 5.65. The van der Waals surface area contributed by atoms with Crippen LogP contribution in [-0.2, 0) is 4.74 Å². The molecule has 1 fully saturated rings. The van der Waals surface area contributed by atoms with E-state index in [-0.39, 0.29) is 0 Å². The molecule has 20 heavy (non-hydrogen) atoms. The van der Waals surface area contributed by atoms with Gasteiger partial charge in [0.25, 0.3) is 0 Å². The van der Waals surface area contributed by atoms with Gasteiger partial charge in [0.1, 0.15) is 0 Å². The van der Waals surface area contributed by atoms with Gasteiger partial charge < -0.3 is 4.74 Å². The number of hydrogen-bond donors (Lipinski definition) is 0. The lowest BCUT2D eigenvalue weighted by Crippen LogP contribution is -1.98. The maximum atomic E-state index is 5.65. The second-order valence-electron chi connectivity index (χ2n) is 6.26. The summed E-state index contributed by atoms with van der Waals surface area (Å²) in [5.41, 5.74) is 0. The highest BCUT2D eigenvalue weighted by Gasteiger charge is 1.96. The third-order valence-electron chi connectivity index (χ3n) is 4.25. The van der Waals surface area contributed by atoms with Gasteiger partial charge in [0, 0.05) is 13.2 Å². The molecule has 1 heteroatoms. The summed E-state index contributed by atoms with van der Waals surface area (Å²) in [5.74, 6) is 0. The van der Waals surface area contributed by atoms with E-state index < -0.39 is 0 Å². The normalized spacial score (nSPS) is 24.0. The molecule has 1 aliphatic heterocycles. The van der Waals surface area contributed by atoms with Gasteiger partial charge in [0.05, 0.1) is 0 Å². The molecule has 0 amide bonds. The molecular weight excluding hydrogens is 244 g/mol. The van der Waals surface area contributed by atoms with Crippen molar-refractivity contribution in [3.63, 3.8) is 0 Å². The van der Waals surface area contributed by atoms with Crippen LogP contribution in [0.5, 0.6) is 0 Å². The Bertz CT molecular complexity index is 92.2. The Balaban J connectivity index is 2.00. The SMILES string of the molecule is [CH]1CCCCCCCCC[CH]COCCCCCCC1. The van der Waals surface area contributed by atoms with Gasteiger partial charge in [-0.3, -0.25) is 0 Å². The van der Waals surface area contributed by atoms with Crippen LogP contribution in [-0.4, -0.2) is 13.2 Å². The van der Waals surface area contributed by atoms with Gasteiger partial charge in [-0.2, -0.15) is 0 Å². The zero-order chi connectivity index (χ0) is 14.1. The molecule has 0 aliphatic carbocycles. The van der Waals surface area contributed by atoms with E-state index in [4.69, 9.17) is 4.74 Å². The smallest absolute Gasteiger partial charge is 0.0497 e. The Morgan fingerprint density at radius 1 is 0.450 bits per heavy atom. The van der Waals surface area contributed by atoms with Crippen LogP contribution in [0.1, 0.15) is 96.3 Å². The number of hydrogen-bond acceptors (Lipinski definition) is 1. The van der Waals surface area contributed by atoms with Crippen LogP contribution in [0.4, 0.5) is 0 Å². The lowest BCUT2D eigenvalue weighted by Gasteiger charge is -2.06. The summed E-state index contributed by atoms with van der Waals surface area (Å²) in [6.45, 7) is 1.83. The fourth-order valence-corrected chi connectivity index (χ4v) is 2.88. The molecule has 0 saturated carbocycles. The molecule has 0 atom stereocenters. The summed E-state index contributed by atoms with van der Waals surface area (Å²) in [5, 5.41) is 0. The highest BCUT2D eigenvalue weighted by molar-refractivity contribution is 4.65. The lowest BCUT2D eigenvalue weighted by atomic mass is 10.0. The molecule has 0 bridgehead atoms. The van der Waals surface area contributed by atoms with Crippen molar-refractivity contribution in [3.8, 4) is 0 Å². The van der Waals surface area contributed by atoms with Crippen molar-refractivity contribution in [1.82, 2.24) is 0 Å². The van der Waals surface area contributed by atoms with E-state index in [9.17, 15) is 0 Å². The van der Waals surface area contributed by atoms with Gasteiger partial charge >= 0.3 is 0 Å². The van der Waals surface area contributed by atoms with Crippen molar-refractivity contribution in [1.29, 1.82) is 0 Å². The van der Waals surface area contributed by atoms with Gasteiger partial charge in [-0.25, -0.2) is 0 Å². The molecule has 0 unspecified atom stereocenters. The van der Waals surface area contributed by atoms with E-state index >= 15 is 0 Å². The summed E-state index contributed by atoms with van der Waals surface area (Å²) in [6, 6.07) is 0. The summed E-state index contributed by atoms with van der Waals surface area (Å²) in [7, 11) is 0. The maximum Gasteiger partial charge on any atom is 0.0497 e. The van der Waals surface area contributed by atoms with Crippen LogP contribution in [0.2, 0.25) is 0 Å². The largest absolute Gasteiger partial charge is 0.381 e. The first-order valence-electron chi connectivity index (χ1n) is 9.21. The lowest BCUT2D eigenvalue weighted by molar-refractivity contribution is 0.147. The van der Waals surface area contributed by atoms with Gasteiger partial charge in [0.2, 0.25) is 0 Å². The molecule has 2 radical (unpaired) electrons. The molecule has 1 rings (SSSR count). The Morgan fingerprint density at radius 3 is 1.50 bits per heavy atom. The first kappa shape index (κ1) is 18.0. The first-order chi connectivity index (χ1) is 10.0. The highest BCUT2D eigenvalue weighted by atomic mass is 16.5. The van der Waals surface area contributed by atoms with E-state index in [1.54, 1.807) is 0 Å². The van der Waals surface area contributed by atoms with Crippen LogP contribution in [0, 0.1) is 12.8 Å². The van der Waals surface area contributed by atoms with Crippen molar-refractivity contribution in [2.45, 2.75) is 96.3 Å². The van der Waals surface area contributed by atoms with E-state index in [1.807, 2.05) is 0 Å². The molecule has 0 aromatic carbocycles. The molecule has 0 aromatic rings. The standard InChI is InChI=1S/C19H36O/c1-2-4-6-8-10-12-14-16-18-20-19-17-15-13-11-9-7-5-3-1/h4,17H,1-3,5-16,18-19H2. The van der Waals surface area contributed by atoms with Crippen molar-refractivity contribution in [3.05, 3.63) is 12.8 Å². The number of rotatable bonds is 0. The second kappa shape index (κ2) is 15.4. The van der Waals surface area contributed by atoms with Crippen molar-refractivity contribution in [2.75, 3.05) is 13.2 Å². The molecule has 1 nitrogen and oxygen atoms in total. The van der Waals surface area contributed by atoms with Crippen LogP contribution >= 0.6 is 0 Å². The second-order valence-corrected chi connectivity index (χ2v) is 6.26. The molecule has 1 saturated heterocycles. The average Bonchev–Trinajstić information content (AvgIpc) is 2.46. The van der Waals surface area contributed by atoms with Crippen molar-refractivity contribution >= 4 is 0 Å². The minimum absolute atomic E-state index is 0.870. The molecule has 118 valence electrons. The monoisotopic (exact) mass is 280 g/mol. The summed E-state index contributed by atoms with van der Waals surface area (Å²) >= 11 is 0. The summed E-state index contributed by atoms with van der Waals surface area (Å²) < 4.78 is 5.65. The Morgan fingerprint density at radius 2 is 0.900 bits per heavy atom. The Kier molecular flexibility index (Phi) is 13.8. The Labute approximate surface area is 127 Å². The highest BCUT2D eigenvalue weighted by Crippen LogP contribution is 2.13. The molecular formula is C19H36O. The fourth-order valence-electron chi connectivity index (χ4n) is 2.88. The summed E-state index contributed by atoms with van der Waals surface area (Å²) in [6.07, 6.45) is 25.5. The predicted molar refractivity (Wildman–Crippen MR) is 88.7 cm³/mol. The van der Waals surface area contributed by atoms with Gasteiger partial charge in [0.15, 0.2) is 0 Å². The quantitative estimate of drug-likeness (QED) is 0.507. The molecule has 1 aliphatic rings. The van der Waals surface area contributed by atoms with Crippen LogP contribution in [0.3, 0.4) is 0 Å². The van der Waals surface area contributed by atoms with Gasteiger partial charge in [-0.05, 0) is 25.7 Å². The third kappa shape index (κ3) is 13.0. The predicted octanol–water partition coefficient (Wildman–Crippen LogP) is 6.28. The summed E-state index contributed by atoms with van der Waals surface area (Å²) in [4.78, 5) is 0. The van der Waals surface area contributed by atoms with E-state index in [0.717, 1.165) is 13.2 Å². The zero-order valence-corrected chi connectivity index (χ0v) is 13.6. The molecule has 0 N–H and O–H groups in total. The van der Waals surface area contributed by atoms with Crippen LogP contribution in [0.15, 0.2) is 0 Å². The van der Waals surface area contributed by atoms with Crippen LogP contribution in [0.25, 0.3) is 0 Å². The van der Waals surface area contributed by atoms with Gasteiger partial charge in [-0.1, -0.05) is 83.5 Å². The minimum atomic E-state index is 0.870. The molecule has 0 spiro atoms. The average molecular weight is 280 g/mol. The molecule has 1 heterocycles. The van der Waals surface area contributed by atoms with E-state index in [2.05, 4.69) is 12.8 Å². The number of ether oxygens (including phenoxy) is 1. The van der Waals surface area contributed by atoms with Crippen molar-refractivity contribution < 1.29 is 4.74 Å². The van der Waals surface area contributed by atoms with Gasteiger partial charge in [-0.15, -0.1) is 0 Å².